The van der Waals surface area contributed by atoms with Gasteiger partial charge >= 0.3 is 0 Å². The first kappa shape index (κ1) is 22.8. The number of benzene rings is 1. The number of hydrogen-bond donors (Lipinski definition) is 1. The molecule has 1 atom stereocenters. The van der Waals surface area contributed by atoms with Gasteiger partial charge < -0.3 is 15.1 Å². The number of pyridine rings is 1. The van der Waals surface area contributed by atoms with E-state index in [0.29, 0.717) is 44.8 Å². The van der Waals surface area contributed by atoms with Gasteiger partial charge in [-0.05, 0) is 36.5 Å². The van der Waals surface area contributed by atoms with Crippen molar-refractivity contribution in [3.63, 3.8) is 0 Å². The van der Waals surface area contributed by atoms with Crippen molar-refractivity contribution in [1.82, 2.24) is 29.9 Å². The third-order valence-corrected chi connectivity index (χ3v) is 6.53. The van der Waals surface area contributed by atoms with Gasteiger partial charge in [0.1, 0.15) is 11.7 Å². The first-order valence-corrected chi connectivity index (χ1v) is 12.0. The Kier molecular flexibility index (Phi) is 6.56. The van der Waals surface area contributed by atoms with Crippen LogP contribution in [0.3, 0.4) is 0 Å². The largest absolute Gasteiger partial charge is 0.350 e. The molecule has 2 aliphatic heterocycles. The van der Waals surface area contributed by atoms with Gasteiger partial charge in [-0.25, -0.2) is 0 Å². The lowest BCUT2D eigenvalue weighted by Gasteiger charge is -2.23. The number of amides is 3. The van der Waals surface area contributed by atoms with Crippen LogP contribution in [0, 0.1) is 0 Å². The normalized spacial score (nSPS) is 17.7. The molecule has 4 heterocycles. The van der Waals surface area contributed by atoms with E-state index in [1.807, 2.05) is 42.5 Å². The number of likely N-dealkylation sites (tertiary alicyclic amines) is 1. The highest BCUT2D eigenvalue weighted by atomic mass is 16.2. The molecular formula is C26H28N6O3. The Labute approximate surface area is 203 Å². The van der Waals surface area contributed by atoms with E-state index in [1.54, 1.807) is 32.9 Å². The molecule has 0 saturated carbocycles. The standard InChI is InChI=1S/C26H28N6O3/c33-24(28-17-20-9-4-11-27-16-20)22-10-5-13-31(22)25(34)21-15-23-26(35)30(12-6-14-32(23)29-21)18-19-7-2-1-3-8-19/h1-4,7-9,11,15-16,22H,5-6,10,12-14,17-18H2,(H,28,33). The number of aromatic nitrogens is 3. The predicted octanol–water partition coefficient (Wildman–Crippen LogP) is 2.25. The molecule has 0 spiro atoms. The molecule has 1 N–H and O–H groups in total. The summed E-state index contributed by atoms with van der Waals surface area (Å²) in [5.74, 6) is -0.636. The highest BCUT2D eigenvalue weighted by Gasteiger charge is 2.36. The van der Waals surface area contributed by atoms with E-state index >= 15 is 0 Å². The molecule has 3 amide bonds. The third-order valence-electron chi connectivity index (χ3n) is 6.53. The van der Waals surface area contributed by atoms with E-state index in [4.69, 9.17) is 0 Å². The summed E-state index contributed by atoms with van der Waals surface area (Å²) in [5, 5.41) is 7.38. The molecule has 2 aliphatic rings. The molecule has 5 rings (SSSR count). The minimum absolute atomic E-state index is 0.134. The van der Waals surface area contributed by atoms with Crippen molar-refractivity contribution < 1.29 is 14.4 Å². The van der Waals surface area contributed by atoms with E-state index in [1.165, 1.54) is 0 Å². The molecule has 1 unspecified atom stereocenters. The molecule has 35 heavy (non-hydrogen) atoms. The lowest BCUT2D eigenvalue weighted by molar-refractivity contribution is -0.125. The summed E-state index contributed by atoms with van der Waals surface area (Å²) in [4.78, 5) is 46.9. The van der Waals surface area contributed by atoms with Crippen molar-refractivity contribution in [1.29, 1.82) is 0 Å². The molecule has 1 aromatic carbocycles. The number of carbonyl (C=O) groups is 3. The Bertz CT molecular complexity index is 1210. The zero-order valence-corrected chi connectivity index (χ0v) is 19.5. The monoisotopic (exact) mass is 472 g/mol. The van der Waals surface area contributed by atoms with Crippen LogP contribution in [0.25, 0.3) is 0 Å². The van der Waals surface area contributed by atoms with E-state index in [0.717, 1.165) is 24.0 Å². The predicted molar refractivity (Wildman–Crippen MR) is 128 cm³/mol. The van der Waals surface area contributed by atoms with E-state index in [-0.39, 0.29) is 23.4 Å². The summed E-state index contributed by atoms with van der Waals surface area (Å²) in [5.41, 5.74) is 2.58. The van der Waals surface area contributed by atoms with Crippen molar-refractivity contribution >= 4 is 17.7 Å². The summed E-state index contributed by atoms with van der Waals surface area (Å²) >= 11 is 0. The van der Waals surface area contributed by atoms with Crippen LogP contribution < -0.4 is 5.32 Å². The number of nitrogens with one attached hydrogen (secondary N) is 1. The highest BCUT2D eigenvalue weighted by Crippen LogP contribution is 2.22. The Balaban J connectivity index is 1.28. The van der Waals surface area contributed by atoms with Crippen LogP contribution in [0.4, 0.5) is 0 Å². The molecule has 0 bridgehead atoms. The van der Waals surface area contributed by atoms with E-state index in [9.17, 15) is 14.4 Å². The van der Waals surface area contributed by atoms with E-state index in [2.05, 4.69) is 15.4 Å². The molecule has 3 aromatic rings. The Hall–Kier alpha value is -4.01. The number of nitrogens with zero attached hydrogens (tertiary/aromatic N) is 5. The number of fused-ring (bicyclic) bond motifs is 1. The summed E-state index contributed by atoms with van der Waals surface area (Å²) in [7, 11) is 0. The topological polar surface area (TPSA) is 100 Å². The second-order valence-corrected chi connectivity index (χ2v) is 8.94. The lowest BCUT2D eigenvalue weighted by Crippen LogP contribution is -2.45. The van der Waals surface area contributed by atoms with Gasteiger partial charge in [0.2, 0.25) is 5.91 Å². The van der Waals surface area contributed by atoms with Crippen LogP contribution in [0.2, 0.25) is 0 Å². The van der Waals surface area contributed by atoms with Crippen molar-refractivity contribution in [3.8, 4) is 0 Å². The van der Waals surface area contributed by atoms with Crippen molar-refractivity contribution in [2.24, 2.45) is 0 Å². The lowest BCUT2D eigenvalue weighted by atomic mass is 10.2. The molecule has 9 heteroatoms. The van der Waals surface area contributed by atoms with Gasteiger partial charge in [0, 0.05) is 51.2 Å². The van der Waals surface area contributed by atoms with Crippen LogP contribution >= 0.6 is 0 Å². The van der Waals surface area contributed by atoms with Gasteiger partial charge in [-0.3, -0.25) is 24.0 Å². The smallest absolute Gasteiger partial charge is 0.275 e. The summed E-state index contributed by atoms with van der Waals surface area (Å²) in [6.07, 6.45) is 5.48. The molecule has 1 saturated heterocycles. The maximum absolute atomic E-state index is 13.4. The second-order valence-electron chi connectivity index (χ2n) is 8.94. The Morgan fingerprint density at radius 2 is 1.83 bits per heavy atom. The molecule has 0 aliphatic carbocycles. The van der Waals surface area contributed by atoms with Gasteiger partial charge in [0.05, 0.1) is 0 Å². The first-order valence-electron chi connectivity index (χ1n) is 12.0. The van der Waals surface area contributed by atoms with Crippen LogP contribution in [0.1, 0.15) is 51.4 Å². The maximum atomic E-state index is 13.4. The third kappa shape index (κ3) is 4.94. The van der Waals surface area contributed by atoms with Crippen LogP contribution in [0.15, 0.2) is 60.9 Å². The second kappa shape index (κ2) is 10.1. The number of hydrogen-bond acceptors (Lipinski definition) is 5. The van der Waals surface area contributed by atoms with E-state index < -0.39 is 6.04 Å². The molecule has 1 fully saturated rings. The zero-order valence-electron chi connectivity index (χ0n) is 19.5. The average molecular weight is 473 g/mol. The average Bonchev–Trinajstić information content (AvgIpc) is 3.52. The minimum atomic E-state index is -0.550. The molecule has 2 aromatic heterocycles. The summed E-state index contributed by atoms with van der Waals surface area (Å²) < 4.78 is 1.63. The minimum Gasteiger partial charge on any atom is -0.350 e. The summed E-state index contributed by atoms with van der Waals surface area (Å²) in [6, 6.07) is 14.6. The highest BCUT2D eigenvalue weighted by molar-refractivity contribution is 6.00. The van der Waals surface area contributed by atoms with Crippen molar-refractivity contribution in [2.75, 3.05) is 13.1 Å². The SMILES string of the molecule is O=C(NCc1cccnc1)C1CCCN1C(=O)c1cc2n(n1)CCCN(Cc1ccccc1)C2=O. The first-order chi connectivity index (χ1) is 17.1. The van der Waals surface area contributed by atoms with Crippen molar-refractivity contribution in [2.45, 2.75) is 44.9 Å². The molecule has 9 nitrogen and oxygen atoms in total. The fraction of sp³-hybridized carbons (Fsp3) is 0.346. The molecular weight excluding hydrogens is 444 g/mol. The number of aryl methyl sites for hydroxylation is 1. The maximum Gasteiger partial charge on any atom is 0.275 e. The fourth-order valence-corrected chi connectivity index (χ4v) is 4.73. The van der Waals surface area contributed by atoms with Gasteiger partial charge in [0.15, 0.2) is 5.69 Å². The summed E-state index contributed by atoms with van der Waals surface area (Å²) in [6.45, 7) is 2.55. The zero-order chi connectivity index (χ0) is 24.2. The Morgan fingerprint density at radius 1 is 1.00 bits per heavy atom. The van der Waals surface area contributed by atoms with Gasteiger partial charge in [-0.1, -0.05) is 36.4 Å². The van der Waals surface area contributed by atoms with Gasteiger partial charge in [0.25, 0.3) is 11.8 Å². The quantitative estimate of drug-likeness (QED) is 0.593. The molecule has 180 valence electrons. The number of rotatable bonds is 6. The van der Waals surface area contributed by atoms with Crippen LogP contribution in [-0.2, 0) is 24.4 Å². The van der Waals surface area contributed by atoms with Crippen LogP contribution in [-0.4, -0.2) is 61.4 Å². The molecule has 0 radical (unpaired) electrons. The van der Waals surface area contributed by atoms with Crippen LogP contribution in [0.5, 0.6) is 0 Å². The van der Waals surface area contributed by atoms with Gasteiger partial charge in [-0.15, -0.1) is 0 Å². The van der Waals surface area contributed by atoms with Crippen molar-refractivity contribution in [3.05, 3.63) is 83.4 Å². The number of carbonyl (C=O) groups excluding carboxylic acids is 3. The van der Waals surface area contributed by atoms with Gasteiger partial charge in [-0.2, -0.15) is 5.10 Å². The Morgan fingerprint density at radius 3 is 2.63 bits per heavy atom. The fourth-order valence-electron chi connectivity index (χ4n) is 4.73.